The molecule has 2 N–H and O–H groups in total. The van der Waals surface area contributed by atoms with Crippen LogP contribution in [0, 0.1) is 0 Å². The Hall–Kier alpha value is -2.70. The molecule has 0 aliphatic carbocycles. The van der Waals surface area contributed by atoms with Gasteiger partial charge in [-0.3, -0.25) is 24.1 Å². The SMILES string of the molecule is CCNC(=O)[C@H](C)NC(=O)CCN1C(=O)Cc2ccccc2C1=O. The molecule has 0 saturated heterocycles. The third kappa shape index (κ3) is 3.98. The van der Waals surface area contributed by atoms with E-state index in [0.717, 1.165) is 4.90 Å². The lowest BCUT2D eigenvalue weighted by Gasteiger charge is -2.26. The van der Waals surface area contributed by atoms with Crippen molar-refractivity contribution in [2.24, 2.45) is 0 Å². The van der Waals surface area contributed by atoms with Gasteiger partial charge >= 0.3 is 0 Å². The van der Waals surface area contributed by atoms with Gasteiger partial charge in [0.05, 0.1) is 6.42 Å². The molecular formula is C17H21N3O4. The molecule has 4 amide bonds. The predicted molar refractivity (Wildman–Crippen MR) is 87.1 cm³/mol. The van der Waals surface area contributed by atoms with Crippen LogP contribution < -0.4 is 10.6 Å². The number of hydrogen-bond donors (Lipinski definition) is 2. The molecule has 7 heteroatoms. The fraction of sp³-hybridized carbons (Fsp3) is 0.412. The second kappa shape index (κ2) is 7.72. The predicted octanol–water partition coefficient (Wildman–Crippen LogP) is 0.242. The molecule has 1 aromatic rings. The van der Waals surface area contributed by atoms with Crippen LogP contribution in [0.3, 0.4) is 0 Å². The molecular weight excluding hydrogens is 310 g/mol. The molecule has 1 heterocycles. The van der Waals surface area contributed by atoms with Crippen molar-refractivity contribution in [3.63, 3.8) is 0 Å². The van der Waals surface area contributed by atoms with Gasteiger partial charge in [0.2, 0.25) is 17.7 Å². The van der Waals surface area contributed by atoms with Crippen LogP contribution in [-0.4, -0.2) is 47.7 Å². The summed E-state index contributed by atoms with van der Waals surface area (Å²) in [5.74, 6) is -1.35. The van der Waals surface area contributed by atoms with Crippen LogP contribution in [0.15, 0.2) is 24.3 Å². The first-order chi connectivity index (χ1) is 11.4. The summed E-state index contributed by atoms with van der Waals surface area (Å²) in [5.41, 5.74) is 1.20. The number of likely N-dealkylation sites (N-methyl/N-ethyl adjacent to an activating group) is 1. The summed E-state index contributed by atoms with van der Waals surface area (Å²) in [6.45, 7) is 3.85. The summed E-state index contributed by atoms with van der Waals surface area (Å²) >= 11 is 0. The van der Waals surface area contributed by atoms with Gasteiger partial charge in [-0.1, -0.05) is 18.2 Å². The molecule has 1 aromatic carbocycles. The number of benzene rings is 1. The summed E-state index contributed by atoms with van der Waals surface area (Å²) in [7, 11) is 0. The zero-order valence-corrected chi connectivity index (χ0v) is 13.8. The van der Waals surface area contributed by atoms with Crippen molar-refractivity contribution in [2.75, 3.05) is 13.1 Å². The van der Waals surface area contributed by atoms with Gasteiger partial charge in [0.1, 0.15) is 6.04 Å². The van der Waals surface area contributed by atoms with Gasteiger partial charge in [-0.2, -0.15) is 0 Å². The lowest BCUT2D eigenvalue weighted by Crippen LogP contribution is -2.47. The van der Waals surface area contributed by atoms with E-state index in [9.17, 15) is 19.2 Å². The Bertz CT molecular complexity index is 672. The van der Waals surface area contributed by atoms with E-state index in [1.807, 2.05) is 0 Å². The quantitative estimate of drug-likeness (QED) is 0.730. The molecule has 0 unspecified atom stereocenters. The number of carbonyl (C=O) groups excluding carboxylic acids is 4. The summed E-state index contributed by atoms with van der Waals surface area (Å²) < 4.78 is 0. The summed E-state index contributed by atoms with van der Waals surface area (Å²) in [6, 6.07) is 6.29. The average Bonchev–Trinajstić information content (AvgIpc) is 2.54. The maximum absolute atomic E-state index is 12.4. The second-order valence-corrected chi connectivity index (χ2v) is 5.62. The normalized spacial score (nSPS) is 14.8. The first-order valence-electron chi connectivity index (χ1n) is 7.93. The largest absolute Gasteiger partial charge is 0.355 e. The second-order valence-electron chi connectivity index (χ2n) is 5.62. The van der Waals surface area contributed by atoms with Crippen LogP contribution in [0.25, 0.3) is 0 Å². The Morgan fingerprint density at radius 2 is 1.96 bits per heavy atom. The molecule has 0 saturated carbocycles. The van der Waals surface area contributed by atoms with Crippen molar-refractivity contribution >= 4 is 23.6 Å². The number of rotatable bonds is 6. The van der Waals surface area contributed by atoms with Crippen molar-refractivity contribution in [1.82, 2.24) is 15.5 Å². The molecule has 1 aliphatic heterocycles. The van der Waals surface area contributed by atoms with Crippen LogP contribution in [0.4, 0.5) is 0 Å². The van der Waals surface area contributed by atoms with E-state index in [2.05, 4.69) is 10.6 Å². The molecule has 0 radical (unpaired) electrons. The minimum absolute atomic E-state index is 0.0000485. The third-order valence-electron chi connectivity index (χ3n) is 3.82. The van der Waals surface area contributed by atoms with E-state index in [1.165, 1.54) is 0 Å². The Kier molecular flexibility index (Phi) is 5.68. The van der Waals surface area contributed by atoms with E-state index in [0.29, 0.717) is 17.7 Å². The van der Waals surface area contributed by atoms with Gasteiger partial charge < -0.3 is 10.6 Å². The van der Waals surface area contributed by atoms with E-state index in [4.69, 9.17) is 0 Å². The molecule has 0 aromatic heterocycles. The number of carbonyl (C=O) groups is 4. The Morgan fingerprint density at radius 1 is 1.25 bits per heavy atom. The first kappa shape index (κ1) is 17.7. The number of imide groups is 1. The Balaban J connectivity index is 1.92. The van der Waals surface area contributed by atoms with Gasteiger partial charge in [0, 0.05) is 25.1 Å². The fourth-order valence-electron chi connectivity index (χ4n) is 2.55. The van der Waals surface area contributed by atoms with Crippen LogP contribution in [0.1, 0.15) is 36.2 Å². The number of nitrogens with one attached hydrogen (secondary N) is 2. The summed E-state index contributed by atoms with van der Waals surface area (Å²) in [5, 5.41) is 5.16. The summed E-state index contributed by atoms with van der Waals surface area (Å²) in [4.78, 5) is 49.1. The average molecular weight is 331 g/mol. The topological polar surface area (TPSA) is 95.6 Å². The molecule has 2 rings (SSSR count). The Morgan fingerprint density at radius 3 is 2.67 bits per heavy atom. The molecule has 128 valence electrons. The lowest BCUT2D eigenvalue weighted by atomic mass is 9.98. The number of nitrogens with zero attached hydrogens (tertiary/aromatic N) is 1. The number of amides is 4. The minimum atomic E-state index is -0.661. The monoisotopic (exact) mass is 331 g/mol. The van der Waals surface area contributed by atoms with Crippen molar-refractivity contribution in [3.8, 4) is 0 Å². The van der Waals surface area contributed by atoms with Crippen LogP contribution in [0.2, 0.25) is 0 Å². The minimum Gasteiger partial charge on any atom is -0.355 e. The van der Waals surface area contributed by atoms with Gasteiger partial charge in [-0.25, -0.2) is 0 Å². The van der Waals surface area contributed by atoms with Gasteiger partial charge in [-0.15, -0.1) is 0 Å². The van der Waals surface area contributed by atoms with Crippen molar-refractivity contribution in [3.05, 3.63) is 35.4 Å². The van der Waals surface area contributed by atoms with Crippen LogP contribution in [-0.2, 0) is 20.8 Å². The van der Waals surface area contributed by atoms with Gasteiger partial charge in [-0.05, 0) is 25.5 Å². The standard InChI is InChI=1S/C17H21N3O4/c1-3-18-16(23)11(2)19-14(21)8-9-20-15(22)10-12-6-4-5-7-13(12)17(20)24/h4-7,11H,3,8-10H2,1-2H3,(H,18,23)(H,19,21)/t11-/m0/s1. The fourth-order valence-corrected chi connectivity index (χ4v) is 2.55. The van der Waals surface area contributed by atoms with Gasteiger partial charge in [0.15, 0.2) is 0 Å². The van der Waals surface area contributed by atoms with Crippen molar-refractivity contribution in [1.29, 1.82) is 0 Å². The highest BCUT2D eigenvalue weighted by Gasteiger charge is 2.30. The lowest BCUT2D eigenvalue weighted by molar-refractivity contribution is -0.130. The number of fused-ring (bicyclic) bond motifs is 1. The highest BCUT2D eigenvalue weighted by Crippen LogP contribution is 2.19. The van der Waals surface area contributed by atoms with Crippen LogP contribution >= 0.6 is 0 Å². The van der Waals surface area contributed by atoms with Gasteiger partial charge in [0.25, 0.3) is 5.91 Å². The van der Waals surface area contributed by atoms with Crippen molar-refractivity contribution < 1.29 is 19.2 Å². The maximum Gasteiger partial charge on any atom is 0.260 e. The molecule has 7 nitrogen and oxygen atoms in total. The first-order valence-corrected chi connectivity index (χ1v) is 7.93. The highest BCUT2D eigenvalue weighted by atomic mass is 16.2. The van der Waals surface area contributed by atoms with Crippen LogP contribution in [0.5, 0.6) is 0 Å². The third-order valence-corrected chi connectivity index (χ3v) is 3.82. The summed E-state index contributed by atoms with van der Waals surface area (Å²) in [6.07, 6.45) is 0.113. The number of hydrogen-bond acceptors (Lipinski definition) is 4. The molecule has 0 spiro atoms. The maximum atomic E-state index is 12.4. The molecule has 0 fully saturated rings. The Labute approximate surface area is 140 Å². The van der Waals surface area contributed by atoms with E-state index < -0.39 is 6.04 Å². The van der Waals surface area contributed by atoms with E-state index in [-0.39, 0.29) is 43.0 Å². The van der Waals surface area contributed by atoms with Crippen molar-refractivity contribution in [2.45, 2.75) is 32.7 Å². The molecule has 24 heavy (non-hydrogen) atoms. The van der Waals surface area contributed by atoms with E-state index >= 15 is 0 Å². The highest BCUT2D eigenvalue weighted by molar-refractivity contribution is 6.09. The zero-order chi connectivity index (χ0) is 17.7. The smallest absolute Gasteiger partial charge is 0.260 e. The zero-order valence-electron chi connectivity index (χ0n) is 13.8. The molecule has 1 atom stereocenters. The molecule has 0 bridgehead atoms. The molecule has 1 aliphatic rings. The van der Waals surface area contributed by atoms with E-state index in [1.54, 1.807) is 38.1 Å².